The fourth-order valence-electron chi connectivity index (χ4n) is 1.99. The number of benzene rings is 1. The van der Waals surface area contributed by atoms with E-state index in [9.17, 15) is 5.11 Å². The molecule has 0 fully saturated rings. The second kappa shape index (κ2) is 7.17. The highest BCUT2D eigenvalue weighted by Gasteiger charge is 2.10. The Morgan fingerprint density at radius 1 is 1.29 bits per heavy atom. The van der Waals surface area contributed by atoms with Crippen molar-refractivity contribution in [1.29, 1.82) is 0 Å². The minimum atomic E-state index is 0.324. The smallest absolute Gasteiger partial charge is 0.138 e. The molecular weight excluding hydrogens is 212 g/mol. The summed E-state index contributed by atoms with van der Waals surface area (Å²) in [5, 5.41) is 12.9. The van der Waals surface area contributed by atoms with Crippen LogP contribution in [-0.4, -0.2) is 36.2 Å². The van der Waals surface area contributed by atoms with Crippen molar-refractivity contribution in [2.24, 2.45) is 0 Å². The normalized spacial score (nSPS) is 12.7. The summed E-state index contributed by atoms with van der Waals surface area (Å²) in [7, 11) is 2.16. The minimum Gasteiger partial charge on any atom is -0.506 e. The van der Waals surface area contributed by atoms with Gasteiger partial charge in [-0.15, -0.1) is 0 Å². The third kappa shape index (κ3) is 4.27. The Hall–Kier alpha value is -1.22. The van der Waals surface area contributed by atoms with E-state index in [1.807, 2.05) is 18.2 Å². The van der Waals surface area contributed by atoms with Crippen molar-refractivity contribution in [3.05, 3.63) is 24.3 Å². The fourth-order valence-corrected chi connectivity index (χ4v) is 1.99. The zero-order valence-corrected chi connectivity index (χ0v) is 11.1. The van der Waals surface area contributed by atoms with E-state index < -0.39 is 0 Å². The summed E-state index contributed by atoms with van der Waals surface area (Å²) in [6.45, 7) is 6.37. The van der Waals surface area contributed by atoms with Gasteiger partial charge in [-0.1, -0.05) is 26.0 Å². The zero-order chi connectivity index (χ0) is 12.7. The molecule has 0 spiro atoms. The van der Waals surface area contributed by atoms with Gasteiger partial charge in [0.15, 0.2) is 0 Å². The van der Waals surface area contributed by atoms with Crippen LogP contribution in [-0.2, 0) is 0 Å². The van der Waals surface area contributed by atoms with Gasteiger partial charge >= 0.3 is 0 Å². The molecular formula is C14H24N2O. The van der Waals surface area contributed by atoms with Crippen LogP contribution in [0.1, 0.15) is 26.7 Å². The van der Waals surface area contributed by atoms with Crippen LogP contribution >= 0.6 is 0 Å². The monoisotopic (exact) mass is 236 g/mol. The van der Waals surface area contributed by atoms with Crippen molar-refractivity contribution in [1.82, 2.24) is 4.90 Å². The average Bonchev–Trinajstić information content (AvgIpc) is 2.36. The van der Waals surface area contributed by atoms with Gasteiger partial charge < -0.3 is 15.3 Å². The highest BCUT2D eigenvalue weighted by molar-refractivity contribution is 5.55. The highest BCUT2D eigenvalue weighted by Crippen LogP contribution is 2.21. The second-order valence-corrected chi connectivity index (χ2v) is 4.37. The molecule has 0 amide bonds. The van der Waals surface area contributed by atoms with Crippen molar-refractivity contribution in [3.63, 3.8) is 0 Å². The van der Waals surface area contributed by atoms with Gasteiger partial charge in [-0.05, 0) is 38.6 Å². The van der Waals surface area contributed by atoms with Crippen molar-refractivity contribution >= 4 is 5.69 Å². The number of nitrogens with one attached hydrogen (secondary N) is 1. The lowest BCUT2D eigenvalue weighted by atomic mass is 10.1. The van der Waals surface area contributed by atoms with E-state index in [0.717, 1.165) is 31.6 Å². The largest absolute Gasteiger partial charge is 0.506 e. The first kappa shape index (κ1) is 13.8. The van der Waals surface area contributed by atoms with Gasteiger partial charge in [-0.2, -0.15) is 0 Å². The molecule has 17 heavy (non-hydrogen) atoms. The molecule has 2 N–H and O–H groups in total. The summed E-state index contributed by atoms with van der Waals surface area (Å²) in [6.07, 6.45) is 2.25. The third-order valence-electron chi connectivity index (χ3n) is 3.29. The number of anilines is 1. The lowest BCUT2D eigenvalue weighted by Gasteiger charge is -2.26. The number of hydrogen-bond donors (Lipinski definition) is 2. The molecule has 96 valence electrons. The Kier molecular flexibility index (Phi) is 5.84. The molecule has 0 heterocycles. The summed E-state index contributed by atoms with van der Waals surface area (Å²) in [5.41, 5.74) is 0.821. The first-order valence-electron chi connectivity index (χ1n) is 6.41. The highest BCUT2D eigenvalue weighted by atomic mass is 16.3. The molecule has 0 bridgehead atoms. The van der Waals surface area contributed by atoms with E-state index in [2.05, 4.69) is 31.1 Å². The van der Waals surface area contributed by atoms with Gasteiger partial charge in [0.1, 0.15) is 5.75 Å². The van der Waals surface area contributed by atoms with E-state index in [-0.39, 0.29) is 0 Å². The molecule has 0 aliphatic carbocycles. The van der Waals surface area contributed by atoms with E-state index in [0.29, 0.717) is 11.8 Å². The first-order valence-corrected chi connectivity index (χ1v) is 6.41. The summed E-state index contributed by atoms with van der Waals surface area (Å²) in [4.78, 5) is 2.37. The number of aromatic hydroxyl groups is 1. The molecule has 0 radical (unpaired) electrons. The number of nitrogens with zero attached hydrogens (tertiary/aromatic N) is 1. The fraction of sp³-hybridized carbons (Fsp3) is 0.571. The van der Waals surface area contributed by atoms with Gasteiger partial charge in [-0.25, -0.2) is 0 Å². The van der Waals surface area contributed by atoms with Gasteiger partial charge in [-0.3, -0.25) is 0 Å². The Morgan fingerprint density at radius 3 is 2.59 bits per heavy atom. The SMILES string of the molecule is CCC(CCNc1ccccc1O)N(C)CC. The van der Waals surface area contributed by atoms with Crippen molar-refractivity contribution in [3.8, 4) is 5.75 Å². The van der Waals surface area contributed by atoms with Gasteiger partial charge in [0, 0.05) is 12.6 Å². The standard InChI is InChI=1S/C14H24N2O/c1-4-12(16(3)5-2)10-11-15-13-8-6-7-9-14(13)17/h6-9,12,15,17H,4-5,10-11H2,1-3H3. The van der Waals surface area contributed by atoms with Gasteiger partial charge in [0.05, 0.1) is 5.69 Å². The van der Waals surface area contributed by atoms with Crippen LogP contribution in [0.3, 0.4) is 0 Å². The molecule has 1 atom stereocenters. The molecule has 0 aliphatic heterocycles. The van der Waals surface area contributed by atoms with E-state index >= 15 is 0 Å². The molecule has 1 aromatic rings. The quantitative estimate of drug-likeness (QED) is 0.715. The van der Waals surface area contributed by atoms with Crippen molar-refractivity contribution in [2.75, 3.05) is 25.5 Å². The van der Waals surface area contributed by atoms with Crippen LogP contribution in [0.25, 0.3) is 0 Å². The van der Waals surface area contributed by atoms with Crippen LogP contribution < -0.4 is 5.32 Å². The summed E-state index contributed by atoms with van der Waals surface area (Å²) in [5.74, 6) is 0.324. The molecule has 1 aromatic carbocycles. The molecule has 0 saturated carbocycles. The molecule has 0 aliphatic rings. The number of rotatable bonds is 7. The molecule has 0 aromatic heterocycles. The number of para-hydroxylation sites is 2. The van der Waals surface area contributed by atoms with Gasteiger partial charge in [0.2, 0.25) is 0 Å². The first-order chi connectivity index (χ1) is 8.19. The van der Waals surface area contributed by atoms with Crippen molar-refractivity contribution in [2.45, 2.75) is 32.7 Å². The maximum Gasteiger partial charge on any atom is 0.138 e. The summed E-state index contributed by atoms with van der Waals surface area (Å²) in [6, 6.07) is 7.98. The molecule has 0 saturated heterocycles. The van der Waals surface area contributed by atoms with Crippen LogP contribution in [0, 0.1) is 0 Å². The predicted octanol–water partition coefficient (Wildman–Crippen LogP) is 2.92. The number of hydrogen-bond acceptors (Lipinski definition) is 3. The summed E-state index contributed by atoms with van der Waals surface area (Å²) >= 11 is 0. The van der Waals surface area contributed by atoms with Crippen molar-refractivity contribution < 1.29 is 5.11 Å². The lowest BCUT2D eigenvalue weighted by molar-refractivity contribution is 0.239. The third-order valence-corrected chi connectivity index (χ3v) is 3.29. The molecule has 1 rings (SSSR count). The van der Waals surface area contributed by atoms with Crippen LogP contribution in [0.15, 0.2) is 24.3 Å². The Bertz CT molecular complexity index is 328. The van der Waals surface area contributed by atoms with Crippen LogP contribution in [0.2, 0.25) is 0 Å². The lowest BCUT2D eigenvalue weighted by Crippen LogP contribution is -2.32. The number of phenolic OH excluding ortho intramolecular Hbond substituents is 1. The Balaban J connectivity index is 2.39. The molecule has 3 nitrogen and oxygen atoms in total. The van der Waals surface area contributed by atoms with Gasteiger partial charge in [0.25, 0.3) is 0 Å². The van der Waals surface area contributed by atoms with E-state index in [4.69, 9.17) is 0 Å². The van der Waals surface area contributed by atoms with Crippen LogP contribution in [0.5, 0.6) is 5.75 Å². The number of phenols is 1. The predicted molar refractivity (Wildman–Crippen MR) is 73.6 cm³/mol. The van der Waals surface area contributed by atoms with E-state index in [1.54, 1.807) is 6.07 Å². The van der Waals surface area contributed by atoms with Crippen LogP contribution in [0.4, 0.5) is 5.69 Å². The topological polar surface area (TPSA) is 35.5 Å². The molecule has 3 heteroatoms. The Morgan fingerprint density at radius 2 is 2.00 bits per heavy atom. The second-order valence-electron chi connectivity index (χ2n) is 4.37. The average molecular weight is 236 g/mol. The maximum absolute atomic E-state index is 9.62. The zero-order valence-electron chi connectivity index (χ0n) is 11.1. The minimum absolute atomic E-state index is 0.324. The Labute approximate surface area is 104 Å². The van der Waals surface area contributed by atoms with E-state index in [1.165, 1.54) is 0 Å². The molecule has 1 unspecified atom stereocenters. The maximum atomic E-state index is 9.62. The summed E-state index contributed by atoms with van der Waals surface area (Å²) < 4.78 is 0.